The molecule has 146 valence electrons. The summed E-state index contributed by atoms with van der Waals surface area (Å²) in [6, 6.07) is 8.85. The molecule has 2 aromatic carbocycles. The van der Waals surface area contributed by atoms with Crippen molar-refractivity contribution in [2.45, 2.75) is 6.42 Å². The maximum Gasteiger partial charge on any atom is 0.338 e. The third kappa shape index (κ3) is 4.72. The van der Waals surface area contributed by atoms with E-state index in [1.807, 2.05) is 0 Å². The molecule has 3 N–H and O–H groups in total. The number of hydrogen-bond donors (Lipinski definition) is 2. The number of primary amides is 1. The highest BCUT2D eigenvalue weighted by atomic mass is 35.5. The number of hydrogen-bond acceptors (Lipinski definition) is 6. The van der Waals surface area contributed by atoms with Crippen LogP contribution in [0.4, 0.5) is 5.69 Å². The van der Waals surface area contributed by atoms with Crippen molar-refractivity contribution in [2.24, 2.45) is 5.73 Å². The SMILES string of the molecule is NC(=O)c1ccc(NC(=O)COC(=O)c2cc(Cl)c3c(c2)OCCCO3)cc1. The van der Waals surface area contributed by atoms with E-state index in [1.165, 1.54) is 36.4 Å². The Morgan fingerprint density at radius 3 is 2.50 bits per heavy atom. The predicted molar refractivity (Wildman–Crippen MR) is 101 cm³/mol. The van der Waals surface area contributed by atoms with Crippen LogP contribution in [0.2, 0.25) is 5.02 Å². The normalized spacial score (nSPS) is 12.6. The molecule has 2 amide bonds. The van der Waals surface area contributed by atoms with Crippen molar-refractivity contribution in [1.82, 2.24) is 0 Å². The Balaban J connectivity index is 1.59. The Bertz CT molecular complexity index is 913. The highest BCUT2D eigenvalue weighted by molar-refractivity contribution is 6.32. The molecule has 3 rings (SSSR count). The molecule has 0 aromatic heterocycles. The lowest BCUT2D eigenvalue weighted by molar-refractivity contribution is -0.119. The molecule has 0 saturated heterocycles. The Hall–Kier alpha value is -3.26. The average Bonchev–Trinajstić information content (AvgIpc) is 2.92. The van der Waals surface area contributed by atoms with E-state index in [1.54, 1.807) is 0 Å². The molecule has 0 bridgehead atoms. The Morgan fingerprint density at radius 1 is 1.07 bits per heavy atom. The molecule has 0 radical (unpaired) electrons. The molecule has 8 nitrogen and oxygen atoms in total. The third-order valence-electron chi connectivity index (χ3n) is 3.83. The maximum atomic E-state index is 12.2. The number of benzene rings is 2. The number of carbonyl (C=O) groups is 3. The number of anilines is 1. The number of esters is 1. The van der Waals surface area contributed by atoms with Gasteiger partial charge in [0, 0.05) is 17.7 Å². The lowest BCUT2D eigenvalue weighted by Gasteiger charge is -2.11. The molecule has 2 aromatic rings. The van der Waals surface area contributed by atoms with Gasteiger partial charge in [-0.25, -0.2) is 4.79 Å². The minimum absolute atomic E-state index is 0.146. The topological polar surface area (TPSA) is 117 Å². The van der Waals surface area contributed by atoms with E-state index in [-0.39, 0.29) is 10.6 Å². The van der Waals surface area contributed by atoms with Crippen LogP contribution in [-0.4, -0.2) is 37.6 Å². The number of nitrogens with two attached hydrogens (primary N) is 1. The summed E-state index contributed by atoms with van der Waals surface area (Å²) in [4.78, 5) is 35.2. The van der Waals surface area contributed by atoms with Crippen molar-refractivity contribution < 1.29 is 28.6 Å². The van der Waals surface area contributed by atoms with E-state index in [9.17, 15) is 14.4 Å². The zero-order valence-electron chi connectivity index (χ0n) is 14.7. The molecule has 28 heavy (non-hydrogen) atoms. The second-order valence-electron chi connectivity index (χ2n) is 5.90. The molecule has 0 aliphatic carbocycles. The molecule has 0 atom stereocenters. The van der Waals surface area contributed by atoms with Gasteiger partial charge in [-0.3, -0.25) is 9.59 Å². The summed E-state index contributed by atoms with van der Waals surface area (Å²) in [5, 5.41) is 2.77. The van der Waals surface area contributed by atoms with Gasteiger partial charge in [0.2, 0.25) is 5.91 Å². The third-order valence-corrected chi connectivity index (χ3v) is 4.11. The van der Waals surface area contributed by atoms with Crippen LogP contribution in [0.15, 0.2) is 36.4 Å². The summed E-state index contributed by atoms with van der Waals surface area (Å²) >= 11 is 6.14. The second kappa shape index (κ2) is 8.62. The van der Waals surface area contributed by atoms with Gasteiger partial charge in [-0.05, 0) is 36.4 Å². The number of rotatable bonds is 5. The van der Waals surface area contributed by atoms with Crippen LogP contribution in [0, 0.1) is 0 Å². The van der Waals surface area contributed by atoms with Gasteiger partial charge in [-0.15, -0.1) is 0 Å². The molecule has 0 fully saturated rings. The quantitative estimate of drug-likeness (QED) is 0.739. The molecule has 0 saturated carbocycles. The first-order chi connectivity index (χ1) is 13.4. The zero-order chi connectivity index (χ0) is 20.1. The van der Waals surface area contributed by atoms with Gasteiger partial charge in [-0.2, -0.15) is 0 Å². The molecule has 1 aliphatic heterocycles. The van der Waals surface area contributed by atoms with Crippen LogP contribution in [0.1, 0.15) is 27.1 Å². The fraction of sp³-hybridized carbons (Fsp3) is 0.211. The van der Waals surface area contributed by atoms with E-state index in [2.05, 4.69) is 5.32 Å². The summed E-state index contributed by atoms with van der Waals surface area (Å²) in [5.41, 5.74) is 6.05. The number of ether oxygens (including phenoxy) is 3. The molecule has 1 aliphatic rings. The van der Waals surface area contributed by atoms with E-state index in [0.717, 1.165) is 0 Å². The van der Waals surface area contributed by atoms with Gasteiger partial charge >= 0.3 is 5.97 Å². The number of carbonyl (C=O) groups excluding carboxylic acids is 3. The van der Waals surface area contributed by atoms with Crippen molar-refractivity contribution in [3.63, 3.8) is 0 Å². The summed E-state index contributed by atoms with van der Waals surface area (Å²) < 4.78 is 16.0. The monoisotopic (exact) mass is 404 g/mol. The molecule has 0 unspecified atom stereocenters. The molecule has 0 spiro atoms. The van der Waals surface area contributed by atoms with Crippen molar-refractivity contribution in [3.05, 3.63) is 52.5 Å². The number of fused-ring (bicyclic) bond motifs is 1. The molecular weight excluding hydrogens is 388 g/mol. The first kappa shape index (κ1) is 19.5. The minimum Gasteiger partial charge on any atom is -0.489 e. The van der Waals surface area contributed by atoms with Crippen molar-refractivity contribution in [2.75, 3.05) is 25.1 Å². The van der Waals surface area contributed by atoms with Crippen LogP contribution in [0.3, 0.4) is 0 Å². The fourth-order valence-corrected chi connectivity index (χ4v) is 2.74. The van der Waals surface area contributed by atoms with Gasteiger partial charge in [0.15, 0.2) is 18.1 Å². The first-order valence-corrected chi connectivity index (χ1v) is 8.78. The van der Waals surface area contributed by atoms with E-state index < -0.39 is 24.4 Å². The van der Waals surface area contributed by atoms with E-state index in [4.69, 9.17) is 31.5 Å². The minimum atomic E-state index is -0.725. The average molecular weight is 405 g/mol. The largest absolute Gasteiger partial charge is 0.489 e. The van der Waals surface area contributed by atoms with Gasteiger partial charge < -0.3 is 25.3 Å². The van der Waals surface area contributed by atoms with E-state index in [0.29, 0.717) is 42.4 Å². The van der Waals surface area contributed by atoms with Crippen molar-refractivity contribution in [3.8, 4) is 11.5 Å². The van der Waals surface area contributed by atoms with Gasteiger partial charge in [0.1, 0.15) is 0 Å². The summed E-state index contributed by atoms with van der Waals surface area (Å²) in [5.74, 6) is -1.10. The van der Waals surface area contributed by atoms with Gasteiger partial charge in [-0.1, -0.05) is 11.6 Å². The Labute approximate surface area is 165 Å². The second-order valence-corrected chi connectivity index (χ2v) is 6.31. The van der Waals surface area contributed by atoms with Crippen LogP contribution < -0.4 is 20.5 Å². The van der Waals surface area contributed by atoms with Crippen LogP contribution in [0.25, 0.3) is 0 Å². The van der Waals surface area contributed by atoms with Crippen LogP contribution in [-0.2, 0) is 9.53 Å². The van der Waals surface area contributed by atoms with Crippen molar-refractivity contribution in [1.29, 1.82) is 0 Å². The van der Waals surface area contributed by atoms with Crippen LogP contribution in [0.5, 0.6) is 11.5 Å². The van der Waals surface area contributed by atoms with Crippen LogP contribution >= 0.6 is 11.6 Å². The molecule has 1 heterocycles. The van der Waals surface area contributed by atoms with E-state index >= 15 is 0 Å². The smallest absolute Gasteiger partial charge is 0.338 e. The predicted octanol–water partition coefficient (Wildman–Crippen LogP) is 2.40. The molecule has 9 heteroatoms. The first-order valence-electron chi connectivity index (χ1n) is 8.40. The highest BCUT2D eigenvalue weighted by Gasteiger charge is 2.19. The Morgan fingerprint density at radius 2 is 1.79 bits per heavy atom. The van der Waals surface area contributed by atoms with Gasteiger partial charge in [0.05, 0.1) is 23.8 Å². The number of halogens is 1. The number of amides is 2. The lowest BCUT2D eigenvalue weighted by Crippen LogP contribution is -2.21. The number of nitrogens with one attached hydrogen (secondary N) is 1. The maximum absolute atomic E-state index is 12.2. The lowest BCUT2D eigenvalue weighted by atomic mass is 10.2. The fourth-order valence-electron chi connectivity index (χ4n) is 2.48. The molecular formula is C19H17ClN2O6. The van der Waals surface area contributed by atoms with Gasteiger partial charge in [0.25, 0.3) is 5.91 Å². The standard InChI is InChI=1S/C19H17ClN2O6/c20-14-8-12(9-15-17(14)27-7-1-6-26-15)19(25)28-10-16(23)22-13-4-2-11(3-5-13)18(21)24/h2-5,8-9H,1,6-7,10H2,(H2,21,24)(H,22,23). The highest BCUT2D eigenvalue weighted by Crippen LogP contribution is 2.38. The summed E-state index contributed by atoms with van der Waals surface area (Å²) in [6.07, 6.45) is 0.700. The zero-order valence-corrected chi connectivity index (χ0v) is 15.5. The van der Waals surface area contributed by atoms with Crippen molar-refractivity contribution >= 4 is 35.1 Å². The summed E-state index contributed by atoms with van der Waals surface area (Å²) in [7, 11) is 0. The summed E-state index contributed by atoms with van der Waals surface area (Å²) in [6.45, 7) is 0.415. The Kier molecular flexibility index (Phi) is 6.00.